The standard InChI is InChI=1S/C24H20F3N5O2/c1-15-7-3-5-9-19(15)30-22-20(11-16(12-28-22)17-13-29-32(2)14-17)31-23(33)18-8-4-6-10-21(18)34-24(25,26)27/h3-14H,1-2H3,(H,28,30)(H,31,33). The summed E-state index contributed by atoms with van der Waals surface area (Å²) in [6.07, 6.45) is 0.108. The van der Waals surface area contributed by atoms with Crippen LogP contribution in [0.4, 0.5) is 30.4 Å². The van der Waals surface area contributed by atoms with E-state index in [1.165, 1.54) is 18.2 Å². The molecule has 0 spiro atoms. The minimum atomic E-state index is -4.93. The zero-order valence-corrected chi connectivity index (χ0v) is 18.2. The van der Waals surface area contributed by atoms with Crippen molar-refractivity contribution in [2.75, 3.05) is 10.6 Å². The Morgan fingerprint density at radius 3 is 2.44 bits per heavy atom. The number of carbonyl (C=O) groups is 1. The van der Waals surface area contributed by atoms with Gasteiger partial charge in [0, 0.05) is 36.3 Å². The van der Waals surface area contributed by atoms with Crippen LogP contribution in [0.3, 0.4) is 0 Å². The molecule has 0 unspecified atom stereocenters. The molecule has 34 heavy (non-hydrogen) atoms. The van der Waals surface area contributed by atoms with E-state index in [-0.39, 0.29) is 11.3 Å². The van der Waals surface area contributed by atoms with Crippen LogP contribution in [0.15, 0.2) is 73.2 Å². The fourth-order valence-electron chi connectivity index (χ4n) is 3.29. The molecular formula is C24H20F3N5O2. The third kappa shape index (κ3) is 5.34. The number of nitrogens with one attached hydrogen (secondary N) is 2. The number of rotatable bonds is 6. The number of hydrogen-bond donors (Lipinski definition) is 2. The molecule has 0 bridgehead atoms. The van der Waals surface area contributed by atoms with Crippen molar-refractivity contribution in [1.82, 2.24) is 14.8 Å². The lowest BCUT2D eigenvalue weighted by Gasteiger charge is -2.16. The van der Waals surface area contributed by atoms with Gasteiger partial charge in [-0.3, -0.25) is 9.48 Å². The molecule has 174 valence electrons. The van der Waals surface area contributed by atoms with Crippen LogP contribution in [-0.4, -0.2) is 27.0 Å². The van der Waals surface area contributed by atoms with Gasteiger partial charge in [-0.15, -0.1) is 13.2 Å². The van der Waals surface area contributed by atoms with Gasteiger partial charge < -0.3 is 15.4 Å². The summed E-state index contributed by atoms with van der Waals surface area (Å²) in [5, 5.41) is 9.99. The van der Waals surface area contributed by atoms with Gasteiger partial charge in [0.25, 0.3) is 5.91 Å². The number of benzene rings is 2. The van der Waals surface area contributed by atoms with Crippen molar-refractivity contribution in [3.63, 3.8) is 0 Å². The fourth-order valence-corrected chi connectivity index (χ4v) is 3.29. The molecule has 0 radical (unpaired) electrons. The summed E-state index contributed by atoms with van der Waals surface area (Å²) < 4.78 is 44.1. The number of hydrogen-bond acceptors (Lipinski definition) is 5. The minimum absolute atomic E-state index is 0.270. The van der Waals surface area contributed by atoms with Gasteiger partial charge >= 0.3 is 6.36 Å². The van der Waals surface area contributed by atoms with E-state index in [2.05, 4.69) is 25.5 Å². The van der Waals surface area contributed by atoms with E-state index in [9.17, 15) is 18.0 Å². The van der Waals surface area contributed by atoms with Crippen LogP contribution in [0.1, 0.15) is 15.9 Å². The molecule has 2 aromatic carbocycles. The van der Waals surface area contributed by atoms with E-state index in [0.29, 0.717) is 11.4 Å². The number of amides is 1. The molecule has 0 aliphatic rings. The molecule has 4 aromatic rings. The summed E-state index contributed by atoms with van der Waals surface area (Å²) in [7, 11) is 1.77. The van der Waals surface area contributed by atoms with Gasteiger partial charge in [-0.25, -0.2) is 4.98 Å². The van der Waals surface area contributed by atoms with Gasteiger partial charge in [-0.1, -0.05) is 30.3 Å². The van der Waals surface area contributed by atoms with Crippen LogP contribution >= 0.6 is 0 Å². The van der Waals surface area contributed by atoms with Gasteiger partial charge in [0.2, 0.25) is 0 Å². The molecule has 0 aliphatic heterocycles. The molecule has 0 atom stereocenters. The number of para-hydroxylation sites is 2. The molecule has 0 saturated heterocycles. The highest BCUT2D eigenvalue weighted by Gasteiger charge is 2.33. The molecule has 4 rings (SSSR count). The Hall–Kier alpha value is -4.34. The normalized spacial score (nSPS) is 11.2. The summed E-state index contributed by atoms with van der Waals surface area (Å²) in [6, 6.07) is 14.3. The molecule has 2 heterocycles. The minimum Gasteiger partial charge on any atom is -0.405 e. The SMILES string of the molecule is Cc1ccccc1Nc1ncc(-c2cnn(C)c2)cc1NC(=O)c1ccccc1OC(F)(F)F. The molecule has 0 fully saturated rings. The first-order chi connectivity index (χ1) is 16.2. The Labute approximate surface area is 193 Å². The smallest absolute Gasteiger partial charge is 0.405 e. The number of pyridine rings is 1. The number of carbonyl (C=O) groups excluding carboxylic acids is 1. The van der Waals surface area contributed by atoms with Crippen LogP contribution in [0.5, 0.6) is 5.75 Å². The largest absolute Gasteiger partial charge is 0.573 e. The van der Waals surface area contributed by atoms with E-state index in [4.69, 9.17) is 0 Å². The molecule has 1 amide bonds. The lowest BCUT2D eigenvalue weighted by Crippen LogP contribution is -2.21. The van der Waals surface area contributed by atoms with Crippen molar-refractivity contribution in [3.8, 4) is 16.9 Å². The lowest BCUT2D eigenvalue weighted by molar-refractivity contribution is -0.274. The van der Waals surface area contributed by atoms with E-state index in [1.807, 2.05) is 31.2 Å². The van der Waals surface area contributed by atoms with Crippen LogP contribution in [-0.2, 0) is 7.05 Å². The van der Waals surface area contributed by atoms with Gasteiger partial charge in [-0.05, 0) is 36.8 Å². The number of anilines is 3. The van der Waals surface area contributed by atoms with Gasteiger partial charge in [0.05, 0.1) is 17.4 Å². The Morgan fingerprint density at radius 2 is 1.74 bits per heavy atom. The highest BCUT2D eigenvalue weighted by Crippen LogP contribution is 2.32. The van der Waals surface area contributed by atoms with E-state index < -0.39 is 18.0 Å². The van der Waals surface area contributed by atoms with E-state index in [1.54, 1.807) is 36.4 Å². The number of alkyl halides is 3. The quantitative estimate of drug-likeness (QED) is 0.381. The Balaban J connectivity index is 1.71. The number of nitrogens with zero attached hydrogens (tertiary/aromatic N) is 3. The topological polar surface area (TPSA) is 81.1 Å². The molecule has 2 aromatic heterocycles. The first kappa shape index (κ1) is 22.8. The summed E-state index contributed by atoms with van der Waals surface area (Å²) in [6.45, 7) is 1.91. The third-order valence-corrected chi connectivity index (χ3v) is 4.93. The first-order valence-electron chi connectivity index (χ1n) is 10.2. The second-order valence-electron chi connectivity index (χ2n) is 7.46. The maximum absolute atomic E-state index is 13.0. The van der Waals surface area contributed by atoms with E-state index >= 15 is 0 Å². The zero-order chi connectivity index (χ0) is 24.3. The zero-order valence-electron chi connectivity index (χ0n) is 18.2. The molecule has 0 saturated carbocycles. The van der Waals surface area contributed by atoms with Gasteiger partial charge in [0.1, 0.15) is 5.75 Å². The van der Waals surface area contributed by atoms with Crippen molar-refractivity contribution in [3.05, 3.63) is 84.3 Å². The van der Waals surface area contributed by atoms with Crippen LogP contribution in [0.2, 0.25) is 0 Å². The maximum Gasteiger partial charge on any atom is 0.573 e. The number of halogens is 3. The van der Waals surface area contributed by atoms with Crippen molar-refractivity contribution in [2.24, 2.45) is 7.05 Å². The average molecular weight is 467 g/mol. The number of ether oxygens (including phenoxy) is 1. The van der Waals surface area contributed by atoms with Crippen molar-refractivity contribution < 1.29 is 22.7 Å². The second-order valence-corrected chi connectivity index (χ2v) is 7.46. The molecular weight excluding hydrogens is 447 g/mol. The predicted octanol–water partition coefficient (Wildman–Crippen LogP) is 5.69. The molecule has 10 heteroatoms. The number of aromatic nitrogens is 3. The molecule has 0 aliphatic carbocycles. The Bertz CT molecular complexity index is 1330. The Kier molecular flexibility index (Phi) is 6.22. The van der Waals surface area contributed by atoms with Crippen LogP contribution < -0.4 is 15.4 Å². The fraction of sp³-hybridized carbons (Fsp3) is 0.125. The van der Waals surface area contributed by atoms with Gasteiger partial charge in [-0.2, -0.15) is 5.10 Å². The molecule has 2 N–H and O–H groups in total. The van der Waals surface area contributed by atoms with Crippen LogP contribution in [0.25, 0.3) is 11.1 Å². The highest BCUT2D eigenvalue weighted by molar-refractivity contribution is 6.07. The summed E-state index contributed by atoms with van der Waals surface area (Å²) in [4.78, 5) is 17.5. The van der Waals surface area contributed by atoms with Crippen molar-refractivity contribution in [2.45, 2.75) is 13.3 Å². The van der Waals surface area contributed by atoms with Gasteiger partial charge in [0.15, 0.2) is 5.82 Å². The highest BCUT2D eigenvalue weighted by atomic mass is 19.4. The maximum atomic E-state index is 13.0. The predicted molar refractivity (Wildman–Crippen MR) is 122 cm³/mol. The monoisotopic (exact) mass is 467 g/mol. The van der Waals surface area contributed by atoms with Crippen molar-refractivity contribution in [1.29, 1.82) is 0 Å². The van der Waals surface area contributed by atoms with E-state index in [0.717, 1.165) is 22.9 Å². The second kappa shape index (κ2) is 9.26. The average Bonchev–Trinajstić information content (AvgIpc) is 3.22. The first-order valence-corrected chi connectivity index (χ1v) is 10.2. The van der Waals surface area contributed by atoms with Crippen LogP contribution in [0, 0.1) is 6.92 Å². The van der Waals surface area contributed by atoms with Crippen molar-refractivity contribution >= 4 is 23.1 Å². The third-order valence-electron chi connectivity index (χ3n) is 4.93. The summed E-state index contributed by atoms with van der Waals surface area (Å²) >= 11 is 0. The molecule has 7 nitrogen and oxygen atoms in total. The Morgan fingerprint density at radius 1 is 1.00 bits per heavy atom. The summed E-state index contributed by atoms with van der Waals surface area (Å²) in [5.41, 5.74) is 3.14. The summed E-state index contributed by atoms with van der Waals surface area (Å²) in [5.74, 6) is -1.06. The lowest BCUT2D eigenvalue weighted by atomic mass is 10.1. The number of aryl methyl sites for hydroxylation is 2.